The number of hydrogen-bond donors (Lipinski definition) is 1. The van der Waals surface area contributed by atoms with Crippen molar-refractivity contribution in [2.75, 3.05) is 0 Å². The van der Waals surface area contributed by atoms with Gasteiger partial charge in [-0.05, 0) is 19.4 Å². The third-order valence-corrected chi connectivity index (χ3v) is 1.95. The van der Waals surface area contributed by atoms with Crippen LogP contribution in [0.25, 0.3) is 0 Å². The zero-order chi connectivity index (χ0) is 9.52. The molecule has 0 aliphatic carbocycles. The quantitative estimate of drug-likeness (QED) is 0.694. The first kappa shape index (κ1) is 10.0. The van der Waals surface area contributed by atoms with Crippen LogP contribution in [-0.4, -0.2) is 6.04 Å². The molecule has 0 amide bonds. The van der Waals surface area contributed by atoms with Gasteiger partial charge in [0.05, 0.1) is 0 Å². The normalized spacial score (nSPS) is 13.4. The molecule has 0 spiro atoms. The Morgan fingerprint density at radius 2 is 2.00 bits per heavy atom. The van der Waals surface area contributed by atoms with Crippen LogP contribution in [0.5, 0.6) is 0 Å². The fourth-order valence-corrected chi connectivity index (χ4v) is 1.23. The predicted octanol–water partition coefficient (Wildman–Crippen LogP) is 2.74. The highest BCUT2D eigenvalue weighted by Gasteiger charge is 1.94. The minimum Gasteiger partial charge on any atom is -0.307 e. The standard InChI is InChI=1S/C12H17N/c1-3-7-11(2)13-10-12-8-5-4-6-9-12/h3-9,11,13H,10H2,1-2H3/b7-3+/t11-/m0/s1. The van der Waals surface area contributed by atoms with Crippen LogP contribution in [-0.2, 0) is 6.54 Å². The number of benzene rings is 1. The Bertz CT molecular complexity index is 251. The van der Waals surface area contributed by atoms with Gasteiger partial charge in [0.25, 0.3) is 0 Å². The molecule has 1 atom stereocenters. The van der Waals surface area contributed by atoms with Gasteiger partial charge in [-0.3, -0.25) is 0 Å². The van der Waals surface area contributed by atoms with E-state index in [0.717, 1.165) is 6.54 Å². The lowest BCUT2D eigenvalue weighted by atomic mass is 10.2. The van der Waals surface area contributed by atoms with Crippen molar-refractivity contribution >= 4 is 0 Å². The number of hydrogen-bond acceptors (Lipinski definition) is 1. The van der Waals surface area contributed by atoms with Crippen molar-refractivity contribution in [3.8, 4) is 0 Å². The molecule has 0 aliphatic heterocycles. The molecule has 1 aromatic rings. The van der Waals surface area contributed by atoms with Crippen molar-refractivity contribution in [2.24, 2.45) is 0 Å². The van der Waals surface area contributed by atoms with Gasteiger partial charge in [-0.15, -0.1) is 0 Å². The average Bonchev–Trinajstić information content (AvgIpc) is 2.17. The van der Waals surface area contributed by atoms with Crippen LogP contribution in [0, 0.1) is 0 Å². The summed E-state index contributed by atoms with van der Waals surface area (Å²) in [6.45, 7) is 5.13. The maximum Gasteiger partial charge on any atom is 0.0224 e. The molecule has 0 aromatic heterocycles. The van der Waals surface area contributed by atoms with Gasteiger partial charge < -0.3 is 5.32 Å². The Kier molecular flexibility index (Phi) is 4.27. The van der Waals surface area contributed by atoms with Crippen molar-refractivity contribution in [3.05, 3.63) is 48.0 Å². The molecule has 1 rings (SSSR count). The van der Waals surface area contributed by atoms with Gasteiger partial charge in [-0.25, -0.2) is 0 Å². The first-order chi connectivity index (χ1) is 6.33. The summed E-state index contributed by atoms with van der Waals surface area (Å²) in [5.74, 6) is 0. The second-order valence-corrected chi connectivity index (χ2v) is 3.18. The van der Waals surface area contributed by atoms with Gasteiger partial charge >= 0.3 is 0 Å². The lowest BCUT2D eigenvalue weighted by molar-refractivity contribution is 0.633. The van der Waals surface area contributed by atoms with Crippen molar-refractivity contribution in [2.45, 2.75) is 26.4 Å². The van der Waals surface area contributed by atoms with Gasteiger partial charge in [-0.2, -0.15) is 0 Å². The van der Waals surface area contributed by atoms with E-state index >= 15 is 0 Å². The molecular formula is C12H17N. The van der Waals surface area contributed by atoms with E-state index in [1.807, 2.05) is 13.0 Å². The molecule has 1 N–H and O–H groups in total. The summed E-state index contributed by atoms with van der Waals surface area (Å²) in [4.78, 5) is 0. The third kappa shape index (κ3) is 3.90. The van der Waals surface area contributed by atoms with E-state index in [4.69, 9.17) is 0 Å². The van der Waals surface area contributed by atoms with Crippen molar-refractivity contribution < 1.29 is 0 Å². The van der Waals surface area contributed by atoms with Crippen LogP contribution in [0.3, 0.4) is 0 Å². The molecule has 1 heteroatoms. The van der Waals surface area contributed by atoms with Gasteiger partial charge in [0.2, 0.25) is 0 Å². The lowest BCUT2D eigenvalue weighted by Crippen LogP contribution is -2.22. The minimum atomic E-state index is 0.449. The van der Waals surface area contributed by atoms with E-state index in [-0.39, 0.29) is 0 Å². The van der Waals surface area contributed by atoms with Crippen molar-refractivity contribution in [1.29, 1.82) is 0 Å². The zero-order valence-electron chi connectivity index (χ0n) is 8.33. The average molecular weight is 175 g/mol. The summed E-state index contributed by atoms with van der Waals surface area (Å²) in [5.41, 5.74) is 1.33. The van der Waals surface area contributed by atoms with Crippen LogP contribution in [0.1, 0.15) is 19.4 Å². The van der Waals surface area contributed by atoms with Gasteiger partial charge in [0, 0.05) is 12.6 Å². The largest absolute Gasteiger partial charge is 0.307 e. The monoisotopic (exact) mass is 175 g/mol. The zero-order valence-corrected chi connectivity index (χ0v) is 8.33. The van der Waals surface area contributed by atoms with E-state index in [9.17, 15) is 0 Å². The van der Waals surface area contributed by atoms with E-state index in [0.29, 0.717) is 6.04 Å². The Balaban J connectivity index is 2.35. The lowest BCUT2D eigenvalue weighted by Gasteiger charge is -2.08. The molecule has 0 unspecified atom stereocenters. The second-order valence-electron chi connectivity index (χ2n) is 3.18. The molecule has 70 valence electrons. The highest BCUT2D eigenvalue weighted by molar-refractivity contribution is 5.14. The Hall–Kier alpha value is -1.08. The third-order valence-electron chi connectivity index (χ3n) is 1.95. The fourth-order valence-electron chi connectivity index (χ4n) is 1.23. The molecule has 1 aromatic carbocycles. The molecular weight excluding hydrogens is 158 g/mol. The Morgan fingerprint density at radius 1 is 1.31 bits per heavy atom. The van der Waals surface area contributed by atoms with Crippen LogP contribution in [0.2, 0.25) is 0 Å². The van der Waals surface area contributed by atoms with E-state index in [1.54, 1.807) is 0 Å². The van der Waals surface area contributed by atoms with Crippen molar-refractivity contribution in [1.82, 2.24) is 5.32 Å². The first-order valence-corrected chi connectivity index (χ1v) is 4.73. The fraction of sp³-hybridized carbons (Fsp3) is 0.333. The van der Waals surface area contributed by atoms with E-state index < -0.39 is 0 Å². The van der Waals surface area contributed by atoms with E-state index in [2.05, 4.69) is 48.7 Å². The summed E-state index contributed by atoms with van der Waals surface area (Å²) >= 11 is 0. The molecule has 0 heterocycles. The van der Waals surface area contributed by atoms with Gasteiger partial charge in [0.15, 0.2) is 0 Å². The summed E-state index contributed by atoms with van der Waals surface area (Å²) in [6, 6.07) is 10.9. The number of rotatable bonds is 4. The predicted molar refractivity (Wildman–Crippen MR) is 57.6 cm³/mol. The number of nitrogens with one attached hydrogen (secondary N) is 1. The maximum absolute atomic E-state index is 3.41. The number of allylic oxidation sites excluding steroid dienone is 1. The van der Waals surface area contributed by atoms with E-state index in [1.165, 1.54) is 5.56 Å². The second kappa shape index (κ2) is 5.55. The molecule has 1 nitrogen and oxygen atoms in total. The van der Waals surface area contributed by atoms with Crippen LogP contribution in [0.4, 0.5) is 0 Å². The summed E-state index contributed by atoms with van der Waals surface area (Å²) in [5, 5.41) is 3.41. The van der Waals surface area contributed by atoms with Gasteiger partial charge in [-0.1, -0.05) is 42.5 Å². The highest BCUT2D eigenvalue weighted by Crippen LogP contribution is 1.98. The molecule has 0 bridgehead atoms. The SMILES string of the molecule is C/C=C/[C@H](C)NCc1ccccc1. The van der Waals surface area contributed by atoms with Crippen LogP contribution in [0.15, 0.2) is 42.5 Å². The van der Waals surface area contributed by atoms with Crippen LogP contribution < -0.4 is 5.32 Å². The molecule has 0 radical (unpaired) electrons. The highest BCUT2D eigenvalue weighted by atomic mass is 14.9. The summed E-state index contributed by atoms with van der Waals surface area (Å²) in [7, 11) is 0. The van der Waals surface area contributed by atoms with Gasteiger partial charge in [0.1, 0.15) is 0 Å². The molecule has 0 saturated heterocycles. The van der Waals surface area contributed by atoms with Crippen LogP contribution >= 0.6 is 0 Å². The smallest absolute Gasteiger partial charge is 0.0224 e. The first-order valence-electron chi connectivity index (χ1n) is 4.73. The minimum absolute atomic E-state index is 0.449. The molecule has 0 fully saturated rings. The topological polar surface area (TPSA) is 12.0 Å². The Labute approximate surface area is 80.5 Å². The summed E-state index contributed by atoms with van der Waals surface area (Å²) in [6.07, 6.45) is 4.23. The van der Waals surface area contributed by atoms with Crippen molar-refractivity contribution in [3.63, 3.8) is 0 Å². The molecule has 0 aliphatic rings. The maximum atomic E-state index is 3.41. The summed E-state index contributed by atoms with van der Waals surface area (Å²) < 4.78 is 0. The Morgan fingerprint density at radius 3 is 2.62 bits per heavy atom. The molecule has 13 heavy (non-hydrogen) atoms. The molecule has 0 saturated carbocycles.